The third-order valence-corrected chi connectivity index (χ3v) is 4.91. The van der Waals surface area contributed by atoms with Crippen molar-refractivity contribution in [2.45, 2.75) is 13.3 Å². The quantitative estimate of drug-likeness (QED) is 0.797. The van der Waals surface area contributed by atoms with Gasteiger partial charge in [-0.15, -0.1) is 0 Å². The number of aromatic nitrogens is 2. The molecule has 1 aliphatic rings. The molecule has 8 heteroatoms. The van der Waals surface area contributed by atoms with Crippen LogP contribution in [0, 0.1) is 0 Å². The lowest BCUT2D eigenvalue weighted by molar-refractivity contribution is 0.0618. The van der Waals surface area contributed by atoms with Gasteiger partial charge in [-0.3, -0.25) is 9.69 Å². The van der Waals surface area contributed by atoms with Crippen molar-refractivity contribution in [3.8, 4) is 0 Å². The highest BCUT2D eigenvalue weighted by Gasteiger charge is 2.23. The Labute approximate surface area is 156 Å². The molecule has 2 aromatic rings. The molecule has 0 aliphatic carbocycles. The number of carbonyl (C=O) groups is 1. The molecule has 25 heavy (non-hydrogen) atoms. The van der Waals surface area contributed by atoms with E-state index in [1.807, 2.05) is 23.1 Å². The van der Waals surface area contributed by atoms with Crippen molar-refractivity contribution in [3.05, 3.63) is 51.8 Å². The molecular formula is C17H20Cl2N4O2. The van der Waals surface area contributed by atoms with Gasteiger partial charge in [0.25, 0.3) is 5.91 Å². The third kappa shape index (κ3) is 4.52. The lowest BCUT2D eigenvalue weighted by Crippen LogP contribution is -2.48. The zero-order chi connectivity index (χ0) is 17.8. The van der Waals surface area contributed by atoms with E-state index in [9.17, 15) is 4.79 Å². The summed E-state index contributed by atoms with van der Waals surface area (Å²) in [5.41, 5.74) is 1.57. The minimum absolute atomic E-state index is 0.0379. The first kappa shape index (κ1) is 18.2. The number of benzene rings is 1. The van der Waals surface area contributed by atoms with Gasteiger partial charge in [-0.05, 0) is 23.8 Å². The lowest BCUT2D eigenvalue weighted by Gasteiger charge is -2.34. The summed E-state index contributed by atoms with van der Waals surface area (Å²) in [7, 11) is 1.59. The molecule has 1 amide bonds. The summed E-state index contributed by atoms with van der Waals surface area (Å²) in [6, 6.07) is 7.41. The number of rotatable bonds is 5. The fourth-order valence-corrected chi connectivity index (χ4v) is 3.17. The van der Waals surface area contributed by atoms with Crippen molar-refractivity contribution in [2.75, 3.05) is 33.3 Å². The maximum Gasteiger partial charge on any atom is 0.274 e. The molecule has 0 spiro atoms. The van der Waals surface area contributed by atoms with Crippen LogP contribution >= 0.6 is 23.2 Å². The topological polar surface area (TPSA) is 50.6 Å². The summed E-state index contributed by atoms with van der Waals surface area (Å²) in [5, 5.41) is 5.37. The van der Waals surface area contributed by atoms with Gasteiger partial charge >= 0.3 is 0 Å². The second kappa shape index (κ2) is 8.19. The monoisotopic (exact) mass is 382 g/mol. The van der Waals surface area contributed by atoms with Crippen molar-refractivity contribution < 1.29 is 9.53 Å². The maximum atomic E-state index is 12.5. The van der Waals surface area contributed by atoms with Crippen LogP contribution in [-0.4, -0.2) is 58.8 Å². The average molecular weight is 383 g/mol. The van der Waals surface area contributed by atoms with Crippen molar-refractivity contribution in [1.29, 1.82) is 0 Å². The number of methoxy groups -OCH3 is 1. The molecule has 1 aromatic carbocycles. The Balaban J connectivity index is 1.53. The predicted octanol–water partition coefficient (Wildman–Crippen LogP) is 2.75. The van der Waals surface area contributed by atoms with Crippen LogP contribution in [0.1, 0.15) is 16.1 Å². The largest absolute Gasteiger partial charge is 0.362 e. The Hall–Kier alpha value is -1.60. The first-order valence-electron chi connectivity index (χ1n) is 8.05. The van der Waals surface area contributed by atoms with Gasteiger partial charge in [0, 0.05) is 46.0 Å². The van der Waals surface area contributed by atoms with Crippen molar-refractivity contribution in [1.82, 2.24) is 19.6 Å². The lowest BCUT2D eigenvalue weighted by atomic mass is 10.2. The van der Waals surface area contributed by atoms with Crippen LogP contribution < -0.4 is 0 Å². The first-order valence-corrected chi connectivity index (χ1v) is 8.80. The fourth-order valence-electron chi connectivity index (χ4n) is 2.85. The van der Waals surface area contributed by atoms with Crippen LogP contribution in [0.3, 0.4) is 0 Å². The molecule has 1 aromatic heterocycles. The van der Waals surface area contributed by atoms with Crippen LogP contribution in [0.15, 0.2) is 30.5 Å². The zero-order valence-electron chi connectivity index (χ0n) is 14.0. The van der Waals surface area contributed by atoms with Gasteiger partial charge in [0.05, 0.1) is 10.0 Å². The van der Waals surface area contributed by atoms with E-state index in [4.69, 9.17) is 27.9 Å². The molecule has 6 nitrogen and oxygen atoms in total. The number of amides is 1. The molecule has 1 aliphatic heterocycles. The summed E-state index contributed by atoms with van der Waals surface area (Å²) in [4.78, 5) is 16.7. The number of carbonyl (C=O) groups excluding carboxylic acids is 1. The molecule has 3 rings (SSSR count). The summed E-state index contributed by atoms with van der Waals surface area (Å²) in [5.74, 6) is -0.0379. The van der Waals surface area contributed by atoms with Crippen LogP contribution in [0.25, 0.3) is 0 Å². The molecule has 1 saturated heterocycles. The van der Waals surface area contributed by atoms with Crippen molar-refractivity contribution in [3.63, 3.8) is 0 Å². The maximum absolute atomic E-state index is 12.5. The van der Waals surface area contributed by atoms with E-state index in [1.165, 1.54) is 0 Å². The van der Waals surface area contributed by atoms with Crippen LogP contribution in [0.2, 0.25) is 10.0 Å². The first-order chi connectivity index (χ1) is 12.1. The van der Waals surface area contributed by atoms with Crippen molar-refractivity contribution in [2.24, 2.45) is 0 Å². The Morgan fingerprint density at radius 2 is 1.92 bits per heavy atom. The fraction of sp³-hybridized carbons (Fsp3) is 0.412. The van der Waals surface area contributed by atoms with E-state index in [2.05, 4.69) is 10.00 Å². The van der Waals surface area contributed by atoms with Crippen LogP contribution in [-0.2, 0) is 18.0 Å². The van der Waals surface area contributed by atoms with Gasteiger partial charge in [0.1, 0.15) is 12.4 Å². The van der Waals surface area contributed by atoms with Gasteiger partial charge in [-0.2, -0.15) is 5.10 Å². The van der Waals surface area contributed by atoms with E-state index in [-0.39, 0.29) is 5.91 Å². The Kier molecular flexibility index (Phi) is 5.96. The number of nitrogens with zero attached hydrogens (tertiary/aromatic N) is 4. The van der Waals surface area contributed by atoms with Gasteiger partial charge in [-0.1, -0.05) is 29.3 Å². The predicted molar refractivity (Wildman–Crippen MR) is 96.9 cm³/mol. The number of hydrogen-bond donors (Lipinski definition) is 0. The second-order valence-corrected chi connectivity index (χ2v) is 6.79. The van der Waals surface area contributed by atoms with E-state index < -0.39 is 0 Å². The highest BCUT2D eigenvalue weighted by atomic mass is 35.5. The highest BCUT2D eigenvalue weighted by molar-refractivity contribution is 6.42. The number of hydrogen-bond acceptors (Lipinski definition) is 4. The van der Waals surface area contributed by atoms with E-state index in [0.717, 1.165) is 25.2 Å². The second-order valence-electron chi connectivity index (χ2n) is 5.98. The molecule has 2 heterocycles. The molecular weight excluding hydrogens is 363 g/mol. The molecule has 0 radical (unpaired) electrons. The van der Waals surface area contributed by atoms with Gasteiger partial charge < -0.3 is 9.64 Å². The molecule has 1 fully saturated rings. The SMILES string of the molecule is COCn1ccc(C(=O)N2CCN(Cc3ccc(Cl)c(Cl)c3)CC2)n1. The summed E-state index contributed by atoms with van der Waals surface area (Å²) < 4.78 is 6.61. The van der Waals surface area contributed by atoms with Gasteiger partial charge in [0.2, 0.25) is 0 Å². The highest BCUT2D eigenvalue weighted by Crippen LogP contribution is 2.23. The van der Waals surface area contributed by atoms with E-state index in [1.54, 1.807) is 24.1 Å². The molecule has 0 atom stereocenters. The molecule has 0 bridgehead atoms. The van der Waals surface area contributed by atoms with Gasteiger partial charge in [-0.25, -0.2) is 4.68 Å². The van der Waals surface area contributed by atoms with Gasteiger partial charge in [0.15, 0.2) is 0 Å². The number of halogens is 2. The number of ether oxygens (including phenoxy) is 1. The Bertz CT molecular complexity index is 742. The zero-order valence-corrected chi connectivity index (χ0v) is 15.5. The normalized spacial score (nSPS) is 15.6. The van der Waals surface area contributed by atoms with E-state index >= 15 is 0 Å². The molecule has 134 valence electrons. The molecule has 0 N–H and O–H groups in total. The standard InChI is InChI=1S/C17H20Cl2N4O2/c1-25-12-23-5-4-16(20-23)17(24)22-8-6-21(7-9-22)11-13-2-3-14(18)15(19)10-13/h2-5,10H,6-9,11-12H2,1H3. The molecule has 0 saturated carbocycles. The van der Waals surface area contributed by atoms with Crippen LogP contribution in [0.5, 0.6) is 0 Å². The van der Waals surface area contributed by atoms with Crippen molar-refractivity contribution >= 4 is 29.1 Å². The Morgan fingerprint density at radius 3 is 2.60 bits per heavy atom. The average Bonchev–Trinajstić information content (AvgIpc) is 3.07. The molecule has 0 unspecified atom stereocenters. The minimum Gasteiger partial charge on any atom is -0.362 e. The van der Waals surface area contributed by atoms with Crippen LogP contribution in [0.4, 0.5) is 0 Å². The van der Waals surface area contributed by atoms with E-state index in [0.29, 0.717) is 35.6 Å². The number of piperazine rings is 1. The third-order valence-electron chi connectivity index (χ3n) is 4.17. The minimum atomic E-state index is -0.0379. The summed E-state index contributed by atoms with van der Waals surface area (Å²) >= 11 is 12.0. The Morgan fingerprint density at radius 1 is 1.16 bits per heavy atom. The summed E-state index contributed by atoms with van der Waals surface area (Å²) in [6.45, 7) is 4.11. The smallest absolute Gasteiger partial charge is 0.274 e. The summed E-state index contributed by atoms with van der Waals surface area (Å²) in [6.07, 6.45) is 1.75.